The van der Waals surface area contributed by atoms with E-state index >= 15 is 0 Å². The van der Waals surface area contributed by atoms with E-state index in [0.717, 1.165) is 83.5 Å². The van der Waals surface area contributed by atoms with Crippen molar-refractivity contribution in [3.63, 3.8) is 0 Å². The van der Waals surface area contributed by atoms with Crippen molar-refractivity contribution in [2.75, 3.05) is 13.2 Å². The molecule has 0 radical (unpaired) electrons. The molecule has 0 rings (SSSR count). The van der Waals surface area contributed by atoms with Crippen LogP contribution in [0.3, 0.4) is 0 Å². The van der Waals surface area contributed by atoms with Crippen molar-refractivity contribution in [2.45, 2.75) is 258 Å². The van der Waals surface area contributed by atoms with Crippen molar-refractivity contribution in [3.05, 3.63) is 97.2 Å². The number of hydrogen-bond acceptors (Lipinski definition) is 6. The van der Waals surface area contributed by atoms with Gasteiger partial charge in [0.05, 0.1) is 0 Å². The highest BCUT2D eigenvalue weighted by molar-refractivity contribution is 5.71. The average Bonchev–Trinajstić information content (AvgIpc) is 3.33. The third-order valence-corrected chi connectivity index (χ3v) is 11.6. The topological polar surface area (TPSA) is 78.9 Å². The predicted molar refractivity (Wildman–Crippen MR) is 288 cm³/mol. The first-order valence-electron chi connectivity index (χ1n) is 27.7. The molecule has 0 N–H and O–H groups in total. The minimum atomic E-state index is -0.813. The summed E-state index contributed by atoms with van der Waals surface area (Å²) in [5, 5.41) is 0. The summed E-state index contributed by atoms with van der Waals surface area (Å²) in [7, 11) is 0. The maximum Gasteiger partial charge on any atom is 0.306 e. The molecule has 0 aromatic heterocycles. The summed E-state index contributed by atoms with van der Waals surface area (Å²) in [5.41, 5.74) is 0. The van der Waals surface area contributed by atoms with Crippen LogP contribution in [0.4, 0.5) is 0 Å². The number of hydrogen-bond donors (Lipinski definition) is 0. The molecule has 0 aliphatic rings. The molecule has 0 fully saturated rings. The lowest BCUT2D eigenvalue weighted by atomic mass is 10.1. The summed E-state index contributed by atoms with van der Waals surface area (Å²) in [4.78, 5) is 38.1. The third kappa shape index (κ3) is 53.2. The standard InChI is InChI=1S/C61H102O6/c1-4-7-10-13-16-19-22-25-27-29-30-32-33-36-39-42-45-48-51-54-60(63)66-57-58(56-65-59(62)53-50-47-44-41-38-35-24-21-18-15-12-9-6-3)67-61(64)55-52-49-46-43-40-37-34-31-28-26-23-20-17-14-11-8-5-2/h9,12,16-21,25-28,35,38,44,47,58H,4-8,10-11,13-15,22-24,29-34,36-37,39-43,45-46,48-57H2,1-3H3/b12-9-,19-16-,20-17-,21-18-,27-25-,28-26-,38-35-,47-44-. The fourth-order valence-electron chi connectivity index (χ4n) is 7.40. The highest BCUT2D eigenvalue weighted by atomic mass is 16.6. The van der Waals surface area contributed by atoms with Crippen molar-refractivity contribution in [1.82, 2.24) is 0 Å². The quantitative estimate of drug-likeness (QED) is 0.0262. The summed E-state index contributed by atoms with van der Waals surface area (Å²) in [5.74, 6) is -1.00. The molecule has 0 bridgehead atoms. The second-order valence-corrected chi connectivity index (χ2v) is 18.1. The van der Waals surface area contributed by atoms with E-state index in [1.165, 1.54) is 122 Å². The lowest BCUT2D eigenvalue weighted by Crippen LogP contribution is -2.30. The van der Waals surface area contributed by atoms with Gasteiger partial charge >= 0.3 is 17.9 Å². The first-order chi connectivity index (χ1) is 33.0. The predicted octanol–water partition coefficient (Wildman–Crippen LogP) is 18.5. The molecule has 6 nitrogen and oxygen atoms in total. The zero-order chi connectivity index (χ0) is 48.6. The summed E-state index contributed by atoms with van der Waals surface area (Å²) >= 11 is 0. The lowest BCUT2D eigenvalue weighted by molar-refractivity contribution is -0.166. The van der Waals surface area contributed by atoms with E-state index in [0.29, 0.717) is 19.3 Å². The monoisotopic (exact) mass is 931 g/mol. The average molecular weight is 931 g/mol. The van der Waals surface area contributed by atoms with Gasteiger partial charge in [-0.05, 0) is 109 Å². The Bertz CT molecular complexity index is 1350. The first kappa shape index (κ1) is 63.3. The van der Waals surface area contributed by atoms with Gasteiger partial charge in [-0.1, -0.05) is 221 Å². The van der Waals surface area contributed by atoms with Crippen LogP contribution in [0.25, 0.3) is 0 Å². The van der Waals surface area contributed by atoms with Gasteiger partial charge in [0.2, 0.25) is 0 Å². The fourth-order valence-corrected chi connectivity index (χ4v) is 7.40. The van der Waals surface area contributed by atoms with Crippen LogP contribution in [-0.4, -0.2) is 37.2 Å². The highest BCUT2D eigenvalue weighted by Gasteiger charge is 2.19. The molecule has 0 spiro atoms. The molecule has 0 aliphatic carbocycles. The van der Waals surface area contributed by atoms with E-state index in [1.54, 1.807) is 0 Å². The molecule has 0 heterocycles. The maximum atomic E-state index is 12.8. The second-order valence-electron chi connectivity index (χ2n) is 18.1. The zero-order valence-electron chi connectivity index (χ0n) is 43.6. The molecule has 0 aliphatic heterocycles. The molecule has 6 heteroatoms. The van der Waals surface area contributed by atoms with Crippen LogP contribution >= 0.6 is 0 Å². The van der Waals surface area contributed by atoms with Crippen LogP contribution in [0.5, 0.6) is 0 Å². The highest BCUT2D eigenvalue weighted by Crippen LogP contribution is 2.14. The van der Waals surface area contributed by atoms with Crippen LogP contribution in [0.15, 0.2) is 97.2 Å². The SMILES string of the molecule is CC/C=C\C/C=C\C/C=C\C/C=C\CCC(=O)OCC(COC(=O)CCCCCCCCCCC/C=C\C/C=C\CCCCC)OC(=O)CCCCCCCCC/C=C\C/C=C\CCCCC. The van der Waals surface area contributed by atoms with Crippen molar-refractivity contribution in [3.8, 4) is 0 Å². The largest absolute Gasteiger partial charge is 0.462 e. The van der Waals surface area contributed by atoms with E-state index in [2.05, 4.69) is 112 Å². The van der Waals surface area contributed by atoms with Crippen LogP contribution in [0.1, 0.15) is 252 Å². The van der Waals surface area contributed by atoms with E-state index in [-0.39, 0.29) is 37.5 Å². The van der Waals surface area contributed by atoms with Gasteiger partial charge in [0, 0.05) is 19.3 Å². The molecule has 1 unspecified atom stereocenters. The Morgan fingerprint density at radius 1 is 0.313 bits per heavy atom. The second kappa shape index (κ2) is 54.9. The number of esters is 3. The Morgan fingerprint density at radius 2 is 0.612 bits per heavy atom. The van der Waals surface area contributed by atoms with Gasteiger partial charge in [0.15, 0.2) is 6.10 Å². The lowest BCUT2D eigenvalue weighted by Gasteiger charge is -2.18. The molecule has 1 atom stereocenters. The summed E-state index contributed by atoms with van der Waals surface area (Å²) in [6, 6.07) is 0. The number of carbonyl (C=O) groups is 3. The number of unbranched alkanes of at least 4 members (excludes halogenated alkanes) is 22. The maximum absolute atomic E-state index is 12.8. The zero-order valence-corrected chi connectivity index (χ0v) is 43.6. The molecule has 0 saturated carbocycles. The molecule has 67 heavy (non-hydrogen) atoms. The number of carbonyl (C=O) groups excluding carboxylic acids is 3. The van der Waals surface area contributed by atoms with Crippen LogP contribution in [-0.2, 0) is 28.6 Å². The summed E-state index contributed by atoms with van der Waals surface area (Å²) in [6.07, 6.45) is 72.6. The van der Waals surface area contributed by atoms with Gasteiger partial charge in [0.1, 0.15) is 13.2 Å². The summed E-state index contributed by atoms with van der Waals surface area (Å²) < 4.78 is 16.8. The van der Waals surface area contributed by atoms with Crippen molar-refractivity contribution >= 4 is 17.9 Å². The van der Waals surface area contributed by atoms with Crippen molar-refractivity contribution < 1.29 is 28.6 Å². The fraction of sp³-hybridized carbons (Fsp3) is 0.689. The molecular formula is C61H102O6. The Labute approximate surface area is 413 Å². The molecule has 0 saturated heterocycles. The smallest absolute Gasteiger partial charge is 0.306 e. The molecule has 0 amide bonds. The summed E-state index contributed by atoms with van der Waals surface area (Å²) in [6.45, 7) is 6.40. The minimum Gasteiger partial charge on any atom is -0.462 e. The Hall–Kier alpha value is -3.67. The minimum absolute atomic E-state index is 0.106. The van der Waals surface area contributed by atoms with E-state index in [4.69, 9.17) is 14.2 Å². The Balaban J connectivity index is 4.45. The van der Waals surface area contributed by atoms with Gasteiger partial charge < -0.3 is 14.2 Å². The van der Waals surface area contributed by atoms with E-state index in [1.807, 2.05) is 6.08 Å². The van der Waals surface area contributed by atoms with Gasteiger partial charge in [-0.3, -0.25) is 14.4 Å². The number of allylic oxidation sites excluding steroid dienone is 16. The molecule has 0 aromatic rings. The number of ether oxygens (including phenoxy) is 3. The van der Waals surface area contributed by atoms with Crippen LogP contribution < -0.4 is 0 Å². The van der Waals surface area contributed by atoms with E-state index in [9.17, 15) is 14.4 Å². The first-order valence-corrected chi connectivity index (χ1v) is 27.7. The van der Waals surface area contributed by atoms with Crippen LogP contribution in [0, 0.1) is 0 Å². The van der Waals surface area contributed by atoms with Gasteiger partial charge in [-0.2, -0.15) is 0 Å². The molecular weight excluding hydrogens is 829 g/mol. The van der Waals surface area contributed by atoms with Crippen molar-refractivity contribution in [2.24, 2.45) is 0 Å². The van der Waals surface area contributed by atoms with Crippen molar-refractivity contribution in [1.29, 1.82) is 0 Å². The molecule has 382 valence electrons. The third-order valence-electron chi connectivity index (χ3n) is 11.6. The van der Waals surface area contributed by atoms with Gasteiger partial charge in [0.25, 0.3) is 0 Å². The number of rotatable bonds is 49. The van der Waals surface area contributed by atoms with E-state index < -0.39 is 6.10 Å². The van der Waals surface area contributed by atoms with Gasteiger partial charge in [-0.25, -0.2) is 0 Å². The Kier molecular flexibility index (Phi) is 51.9. The molecule has 0 aromatic carbocycles. The van der Waals surface area contributed by atoms with Gasteiger partial charge in [-0.15, -0.1) is 0 Å². The Morgan fingerprint density at radius 3 is 1.00 bits per heavy atom. The normalized spacial score (nSPS) is 12.8. The van der Waals surface area contributed by atoms with Crippen LogP contribution in [0.2, 0.25) is 0 Å².